The Hall–Kier alpha value is 1.12. The fourth-order valence-electron chi connectivity index (χ4n) is 0. The maximum Gasteiger partial charge on any atom is 0 e. The number of rotatable bonds is 0. The summed E-state index contributed by atoms with van der Waals surface area (Å²) in [6, 6.07) is 0. The molecule has 0 atom stereocenters. The molecule has 0 aliphatic carbocycles. The van der Waals surface area contributed by atoms with Gasteiger partial charge >= 0.3 is 33.2 Å². The van der Waals surface area contributed by atoms with Crippen molar-refractivity contribution in [1.29, 1.82) is 0 Å². The van der Waals surface area contributed by atoms with E-state index in [4.69, 9.17) is 13.2 Å². The molecule has 0 aliphatic heterocycles. The molecule has 0 radical (unpaired) electrons. The SMILES string of the molecule is [O]=[Sb]([OH])([OH])[OH].[Zn]. The fourth-order valence-corrected chi connectivity index (χ4v) is 0. The Morgan fingerprint density at radius 2 is 1.17 bits per heavy atom. The zero-order chi connectivity index (χ0) is 4.50. The molecule has 0 aromatic heterocycles. The van der Waals surface area contributed by atoms with Crippen LogP contribution in [0.15, 0.2) is 0 Å². The number of hydrogen-bond acceptors (Lipinski definition) is 1. The molecular formula is H3O4SbZn. The predicted molar refractivity (Wildman–Crippen MR) is 13.1 cm³/mol. The standard InChI is InChI=1S/3H2O.O.Sb.Zn/h3*1H2;;;/q;;;;+3;/p-3. The van der Waals surface area contributed by atoms with E-state index in [9.17, 15) is 0 Å². The largest absolute Gasteiger partial charge is 0 e. The van der Waals surface area contributed by atoms with Crippen LogP contribution in [0.4, 0.5) is 0 Å². The molecule has 0 rings (SSSR count). The minimum atomic E-state index is -5.35. The molecule has 6 heteroatoms. The van der Waals surface area contributed by atoms with Crippen LogP contribution in [0.5, 0.6) is 0 Å². The smallest absolute Gasteiger partial charge is 0 e. The van der Waals surface area contributed by atoms with Gasteiger partial charge in [-0.05, 0) is 0 Å². The van der Waals surface area contributed by atoms with Gasteiger partial charge in [-0.3, -0.25) is 0 Å². The predicted octanol–water partition coefficient (Wildman–Crippen LogP) is -2.17. The number of hydrogen-bond donors (Lipinski definition) is 3. The van der Waals surface area contributed by atoms with Crippen molar-refractivity contribution >= 4 is 20.1 Å². The van der Waals surface area contributed by atoms with Crippen molar-refractivity contribution in [3.05, 3.63) is 0 Å². The quantitative estimate of drug-likeness (QED) is 0.430. The minimum Gasteiger partial charge on any atom is 0 e. The zero-order valence-electron chi connectivity index (χ0n) is 2.90. The van der Waals surface area contributed by atoms with Gasteiger partial charge in [-0.1, -0.05) is 0 Å². The van der Waals surface area contributed by atoms with Crippen LogP contribution in [0.2, 0.25) is 0 Å². The molecule has 0 spiro atoms. The Labute approximate surface area is 52.6 Å². The third kappa shape index (κ3) is 69.2. The van der Waals surface area contributed by atoms with Gasteiger partial charge in [-0.15, -0.1) is 0 Å². The van der Waals surface area contributed by atoms with Crippen LogP contribution < -0.4 is 0 Å². The molecule has 3 N–H and O–H groups in total. The van der Waals surface area contributed by atoms with E-state index >= 15 is 0 Å². The van der Waals surface area contributed by atoms with E-state index in [2.05, 4.69) is 0 Å². The van der Waals surface area contributed by atoms with Gasteiger partial charge in [0.2, 0.25) is 0 Å². The Bertz CT molecular complexity index is 53.7. The summed E-state index contributed by atoms with van der Waals surface area (Å²) in [5, 5.41) is 0. The molecule has 0 saturated carbocycles. The van der Waals surface area contributed by atoms with Crippen molar-refractivity contribution in [3.63, 3.8) is 0 Å². The van der Waals surface area contributed by atoms with Crippen LogP contribution in [-0.4, -0.2) is 30.2 Å². The van der Waals surface area contributed by atoms with E-state index in [0.29, 0.717) is 0 Å². The molecule has 0 aliphatic rings. The molecule has 0 saturated heterocycles. The average molecular weight is 254 g/mol. The average Bonchev–Trinajstić information content (AvgIpc) is 0.722. The molecule has 0 fully saturated rings. The van der Waals surface area contributed by atoms with Gasteiger partial charge in [-0.25, -0.2) is 0 Å². The molecule has 34 valence electrons. The van der Waals surface area contributed by atoms with Crippen molar-refractivity contribution in [2.45, 2.75) is 0 Å². The van der Waals surface area contributed by atoms with Gasteiger partial charge in [0.1, 0.15) is 0 Å². The monoisotopic (exact) mass is 252 g/mol. The Balaban J connectivity index is 0. The van der Waals surface area contributed by atoms with Gasteiger partial charge in [0.25, 0.3) is 0 Å². The molecule has 0 aromatic carbocycles. The molecule has 0 unspecified atom stereocenters. The third-order valence-corrected chi connectivity index (χ3v) is 0. The van der Waals surface area contributed by atoms with Crippen LogP contribution in [0.25, 0.3) is 0 Å². The molecule has 0 amide bonds. The topological polar surface area (TPSA) is 77.8 Å². The van der Waals surface area contributed by atoms with Crippen molar-refractivity contribution in [3.8, 4) is 0 Å². The summed E-state index contributed by atoms with van der Waals surface area (Å²) in [6.45, 7) is 0. The van der Waals surface area contributed by atoms with Crippen LogP contribution in [0, 0.1) is 0 Å². The van der Waals surface area contributed by atoms with E-state index in [0.717, 1.165) is 0 Å². The van der Waals surface area contributed by atoms with Gasteiger partial charge in [0.05, 0.1) is 0 Å². The molecule has 0 heterocycles. The zero-order valence-corrected chi connectivity index (χ0v) is 8.42. The van der Waals surface area contributed by atoms with E-state index in [1.165, 1.54) is 0 Å². The first-order valence-corrected chi connectivity index (χ1v) is 5.25. The molecule has 6 heavy (non-hydrogen) atoms. The maximum atomic E-state index is 8.97. The van der Waals surface area contributed by atoms with E-state index in [1.54, 1.807) is 0 Å². The van der Waals surface area contributed by atoms with Crippen LogP contribution in [0.3, 0.4) is 0 Å². The summed E-state index contributed by atoms with van der Waals surface area (Å²) in [5.74, 6) is 0. The summed E-state index contributed by atoms with van der Waals surface area (Å²) in [4.78, 5) is 0. The second-order valence-electron chi connectivity index (χ2n) is 0.513. The summed E-state index contributed by atoms with van der Waals surface area (Å²) >= 11 is -5.35. The minimum absolute atomic E-state index is 0. The summed E-state index contributed by atoms with van der Waals surface area (Å²) in [5.41, 5.74) is 0. The first-order valence-electron chi connectivity index (χ1n) is 0.783. The van der Waals surface area contributed by atoms with Crippen molar-refractivity contribution in [2.75, 3.05) is 0 Å². The van der Waals surface area contributed by atoms with Crippen LogP contribution in [0.1, 0.15) is 0 Å². The Kier molecular flexibility index (Phi) is 5.37. The van der Waals surface area contributed by atoms with Gasteiger partial charge < -0.3 is 0 Å². The normalized spacial score (nSPS) is 9.83. The Morgan fingerprint density at radius 1 is 1.17 bits per heavy atom. The van der Waals surface area contributed by atoms with Crippen LogP contribution in [-0.2, 0) is 22.5 Å². The third-order valence-electron chi connectivity index (χ3n) is 0. The maximum absolute atomic E-state index is 8.97. The van der Waals surface area contributed by atoms with Crippen molar-refractivity contribution < 1.29 is 32.7 Å². The van der Waals surface area contributed by atoms with Gasteiger partial charge in [0, 0.05) is 19.5 Å². The van der Waals surface area contributed by atoms with Gasteiger partial charge in [-0.2, -0.15) is 0 Å². The summed E-state index contributed by atoms with van der Waals surface area (Å²) in [6.07, 6.45) is 0. The fraction of sp³-hybridized carbons (Fsp3) is 0. The van der Waals surface area contributed by atoms with E-state index in [-0.39, 0.29) is 19.5 Å². The molecule has 4 nitrogen and oxygen atoms in total. The van der Waals surface area contributed by atoms with E-state index < -0.39 is 20.1 Å². The summed E-state index contributed by atoms with van der Waals surface area (Å²) in [7, 11) is 0. The Morgan fingerprint density at radius 3 is 1.17 bits per heavy atom. The van der Waals surface area contributed by atoms with Crippen LogP contribution >= 0.6 is 0 Å². The second-order valence-corrected chi connectivity index (χ2v) is 3.44. The van der Waals surface area contributed by atoms with E-state index in [1.807, 2.05) is 0 Å². The first kappa shape index (κ1) is 10.2. The molecular weight excluding hydrogens is 251 g/mol. The van der Waals surface area contributed by atoms with Gasteiger partial charge in [0.15, 0.2) is 0 Å². The summed E-state index contributed by atoms with van der Waals surface area (Å²) < 4.78 is 30.8. The molecule has 0 bridgehead atoms. The molecule has 0 aromatic rings. The van der Waals surface area contributed by atoms with Crippen molar-refractivity contribution in [2.24, 2.45) is 0 Å². The van der Waals surface area contributed by atoms with Crippen molar-refractivity contribution in [1.82, 2.24) is 0 Å². The first-order chi connectivity index (χ1) is 2.00. The second kappa shape index (κ2) is 3.17.